The first kappa shape index (κ1) is 11.9. The van der Waals surface area contributed by atoms with Gasteiger partial charge in [0.2, 0.25) is 0 Å². The minimum Gasteiger partial charge on any atom is -0.469 e. The number of hydrogen-bond donors (Lipinski definition) is 0. The summed E-state index contributed by atoms with van der Waals surface area (Å²) >= 11 is 5.96. The molecule has 0 atom stereocenters. The lowest BCUT2D eigenvalue weighted by Gasteiger charge is -2.07. The van der Waals surface area contributed by atoms with E-state index in [9.17, 15) is 4.79 Å². The van der Waals surface area contributed by atoms with Crippen LogP contribution < -0.4 is 0 Å². The van der Waals surface area contributed by atoms with Crippen molar-refractivity contribution in [1.82, 2.24) is 4.98 Å². The molecule has 17 heavy (non-hydrogen) atoms. The van der Waals surface area contributed by atoms with Crippen LogP contribution in [0.2, 0.25) is 5.02 Å². The second-order valence-electron chi connectivity index (χ2n) is 3.84. The number of methoxy groups -OCH3 is 1. The van der Waals surface area contributed by atoms with Crippen molar-refractivity contribution >= 4 is 28.5 Å². The summed E-state index contributed by atoms with van der Waals surface area (Å²) in [5.74, 6) is -0.267. The maximum absolute atomic E-state index is 11.3. The highest BCUT2D eigenvalue weighted by atomic mass is 35.5. The van der Waals surface area contributed by atoms with Crippen molar-refractivity contribution in [1.29, 1.82) is 0 Å². The number of halogens is 1. The van der Waals surface area contributed by atoms with Gasteiger partial charge < -0.3 is 4.74 Å². The van der Waals surface area contributed by atoms with Crippen LogP contribution in [0.15, 0.2) is 24.3 Å². The Hall–Kier alpha value is -1.61. The van der Waals surface area contributed by atoms with E-state index in [4.69, 9.17) is 11.6 Å². The number of fused-ring (bicyclic) bond motifs is 1. The number of aromatic nitrogens is 1. The SMILES string of the molecule is COC(=O)Cc1cc(C)nc2ccc(Cl)cc12. The van der Waals surface area contributed by atoms with Crippen LogP contribution in [0.1, 0.15) is 11.3 Å². The van der Waals surface area contributed by atoms with E-state index in [1.54, 1.807) is 6.07 Å². The molecular weight excluding hydrogens is 238 g/mol. The molecular formula is C13H12ClNO2. The van der Waals surface area contributed by atoms with Crippen molar-refractivity contribution < 1.29 is 9.53 Å². The minimum atomic E-state index is -0.267. The molecule has 0 aliphatic carbocycles. The Labute approximate surface area is 104 Å². The smallest absolute Gasteiger partial charge is 0.310 e. The van der Waals surface area contributed by atoms with Crippen molar-refractivity contribution in [2.75, 3.05) is 7.11 Å². The predicted molar refractivity (Wildman–Crippen MR) is 67.2 cm³/mol. The number of benzene rings is 1. The number of nitrogens with zero attached hydrogens (tertiary/aromatic N) is 1. The highest BCUT2D eigenvalue weighted by Crippen LogP contribution is 2.23. The van der Waals surface area contributed by atoms with Crippen molar-refractivity contribution in [3.63, 3.8) is 0 Å². The standard InChI is InChI=1S/C13H12ClNO2/c1-8-5-9(6-13(16)17-2)11-7-10(14)3-4-12(11)15-8/h3-5,7H,6H2,1-2H3. The lowest BCUT2D eigenvalue weighted by Crippen LogP contribution is -2.05. The second-order valence-corrected chi connectivity index (χ2v) is 4.27. The molecule has 1 heterocycles. The van der Waals surface area contributed by atoms with E-state index in [2.05, 4.69) is 9.72 Å². The van der Waals surface area contributed by atoms with E-state index in [-0.39, 0.29) is 12.4 Å². The molecule has 88 valence electrons. The quantitative estimate of drug-likeness (QED) is 0.769. The Morgan fingerprint density at radius 2 is 2.18 bits per heavy atom. The van der Waals surface area contributed by atoms with Gasteiger partial charge in [0.1, 0.15) is 0 Å². The molecule has 0 bridgehead atoms. The van der Waals surface area contributed by atoms with Gasteiger partial charge in [0, 0.05) is 16.1 Å². The zero-order valence-electron chi connectivity index (χ0n) is 9.66. The van der Waals surface area contributed by atoms with Gasteiger partial charge in [-0.1, -0.05) is 11.6 Å². The summed E-state index contributed by atoms with van der Waals surface area (Å²) in [7, 11) is 1.38. The molecule has 0 amide bonds. The van der Waals surface area contributed by atoms with E-state index in [0.29, 0.717) is 5.02 Å². The summed E-state index contributed by atoms with van der Waals surface area (Å²) in [4.78, 5) is 15.7. The molecule has 0 radical (unpaired) electrons. The number of hydrogen-bond acceptors (Lipinski definition) is 3. The van der Waals surface area contributed by atoms with Crippen LogP contribution in [-0.4, -0.2) is 18.1 Å². The predicted octanol–water partition coefficient (Wildman–Crippen LogP) is 2.91. The van der Waals surface area contributed by atoms with Gasteiger partial charge in [-0.15, -0.1) is 0 Å². The highest BCUT2D eigenvalue weighted by Gasteiger charge is 2.09. The van der Waals surface area contributed by atoms with Crippen LogP contribution in [0.3, 0.4) is 0 Å². The molecule has 0 fully saturated rings. The van der Waals surface area contributed by atoms with Gasteiger partial charge in [-0.2, -0.15) is 0 Å². The molecule has 0 spiro atoms. The number of carbonyl (C=O) groups is 1. The van der Waals surface area contributed by atoms with E-state index in [0.717, 1.165) is 22.2 Å². The Balaban J connectivity index is 2.59. The maximum Gasteiger partial charge on any atom is 0.310 e. The minimum absolute atomic E-state index is 0.233. The first-order valence-corrected chi connectivity index (χ1v) is 5.60. The molecule has 4 heteroatoms. The van der Waals surface area contributed by atoms with Crippen LogP contribution in [-0.2, 0) is 16.0 Å². The van der Waals surface area contributed by atoms with Crippen molar-refractivity contribution in [2.24, 2.45) is 0 Å². The molecule has 0 unspecified atom stereocenters. The first-order valence-electron chi connectivity index (χ1n) is 5.23. The van der Waals surface area contributed by atoms with Crippen LogP contribution in [0.5, 0.6) is 0 Å². The molecule has 1 aromatic heterocycles. The molecule has 0 N–H and O–H groups in total. The van der Waals surface area contributed by atoms with Crippen molar-refractivity contribution in [3.05, 3.63) is 40.5 Å². The Kier molecular flexibility index (Phi) is 3.29. The average Bonchev–Trinajstić information content (AvgIpc) is 2.29. The van der Waals surface area contributed by atoms with Gasteiger partial charge >= 0.3 is 5.97 Å². The number of aryl methyl sites for hydroxylation is 1. The third kappa shape index (κ3) is 2.56. The summed E-state index contributed by atoms with van der Waals surface area (Å²) in [6.45, 7) is 1.90. The van der Waals surface area contributed by atoms with Gasteiger partial charge in [-0.3, -0.25) is 9.78 Å². The normalized spacial score (nSPS) is 10.5. The molecule has 0 aliphatic rings. The molecule has 0 aliphatic heterocycles. The summed E-state index contributed by atoms with van der Waals surface area (Å²) in [6.07, 6.45) is 0.233. The summed E-state index contributed by atoms with van der Waals surface area (Å²) in [5, 5.41) is 1.53. The molecule has 1 aromatic carbocycles. The van der Waals surface area contributed by atoms with E-state index in [1.165, 1.54) is 7.11 Å². The molecule has 2 aromatic rings. The van der Waals surface area contributed by atoms with Gasteiger partial charge in [-0.05, 0) is 36.8 Å². The van der Waals surface area contributed by atoms with E-state index in [1.807, 2.05) is 25.1 Å². The number of rotatable bonds is 2. The zero-order chi connectivity index (χ0) is 12.4. The molecule has 2 rings (SSSR count). The Bertz CT molecular complexity index is 581. The fraction of sp³-hybridized carbons (Fsp3) is 0.231. The summed E-state index contributed by atoms with van der Waals surface area (Å²) in [5.41, 5.74) is 2.61. The lowest BCUT2D eigenvalue weighted by atomic mass is 10.1. The topological polar surface area (TPSA) is 39.2 Å². The van der Waals surface area contributed by atoms with Crippen molar-refractivity contribution in [3.8, 4) is 0 Å². The summed E-state index contributed by atoms with van der Waals surface area (Å²) < 4.78 is 4.68. The van der Waals surface area contributed by atoms with Gasteiger partial charge in [-0.25, -0.2) is 0 Å². The Morgan fingerprint density at radius 1 is 1.41 bits per heavy atom. The number of esters is 1. The third-order valence-electron chi connectivity index (χ3n) is 2.55. The van der Waals surface area contributed by atoms with Crippen LogP contribution in [0.25, 0.3) is 10.9 Å². The Morgan fingerprint density at radius 3 is 2.88 bits per heavy atom. The largest absolute Gasteiger partial charge is 0.469 e. The van der Waals surface area contributed by atoms with Crippen LogP contribution >= 0.6 is 11.6 Å². The number of pyridine rings is 1. The zero-order valence-corrected chi connectivity index (χ0v) is 10.4. The molecule has 0 saturated carbocycles. The third-order valence-corrected chi connectivity index (χ3v) is 2.78. The first-order chi connectivity index (χ1) is 8.10. The number of carbonyl (C=O) groups excluding carboxylic acids is 1. The average molecular weight is 250 g/mol. The van der Waals surface area contributed by atoms with Gasteiger partial charge in [0.25, 0.3) is 0 Å². The van der Waals surface area contributed by atoms with Gasteiger partial charge in [0.15, 0.2) is 0 Å². The van der Waals surface area contributed by atoms with Crippen LogP contribution in [0, 0.1) is 6.92 Å². The monoisotopic (exact) mass is 249 g/mol. The fourth-order valence-corrected chi connectivity index (χ4v) is 1.96. The van der Waals surface area contributed by atoms with E-state index < -0.39 is 0 Å². The van der Waals surface area contributed by atoms with Crippen molar-refractivity contribution in [2.45, 2.75) is 13.3 Å². The lowest BCUT2D eigenvalue weighted by molar-refractivity contribution is -0.139. The summed E-state index contributed by atoms with van der Waals surface area (Å²) in [6, 6.07) is 7.35. The van der Waals surface area contributed by atoms with Crippen LogP contribution in [0.4, 0.5) is 0 Å². The number of ether oxygens (including phenoxy) is 1. The molecule has 0 saturated heterocycles. The molecule has 3 nitrogen and oxygen atoms in total. The van der Waals surface area contributed by atoms with E-state index >= 15 is 0 Å². The fourth-order valence-electron chi connectivity index (χ4n) is 1.79. The second kappa shape index (κ2) is 4.72. The maximum atomic E-state index is 11.3. The highest BCUT2D eigenvalue weighted by molar-refractivity contribution is 6.31. The van der Waals surface area contributed by atoms with Gasteiger partial charge in [0.05, 0.1) is 19.0 Å².